The van der Waals surface area contributed by atoms with Gasteiger partial charge in [-0.05, 0) is 18.9 Å². The van der Waals surface area contributed by atoms with E-state index in [1.807, 2.05) is 12.4 Å². The van der Waals surface area contributed by atoms with Crippen LogP contribution in [0.3, 0.4) is 0 Å². The fourth-order valence-electron chi connectivity index (χ4n) is 2.09. The molecule has 1 aromatic rings. The van der Waals surface area contributed by atoms with Crippen molar-refractivity contribution in [1.29, 1.82) is 0 Å². The van der Waals surface area contributed by atoms with Gasteiger partial charge in [-0.15, -0.1) is 11.6 Å². The topological polar surface area (TPSA) is 16.1 Å². The first-order chi connectivity index (χ1) is 8.26. The molecule has 0 aliphatic heterocycles. The van der Waals surface area contributed by atoms with Crippen molar-refractivity contribution < 1.29 is 0 Å². The molecule has 0 N–H and O–H groups in total. The monoisotopic (exact) mass is 254 g/mol. The Morgan fingerprint density at radius 3 is 2.53 bits per heavy atom. The zero-order valence-electron chi connectivity index (χ0n) is 11.1. The van der Waals surface area contributed by atoms with E-state index in [1.165, 1.54) is 18.5 Å². The first-order valence-corrected chi connectivity index (χ1v) is 7.03. The quantitative estimate of drug-likeness (QED) is 0.682. The summed E-state index contributed by atoms with van der Waals surface area (Å²) in [6.45, 7) is 8.84. The van der Waals surface area contributed by atoms with Crippen molar-refractivity contribution in [3.8, 4) is 0 Å². The minimum atomic E-state index is 0.530. The molecule has 96 valence electrons. The Hall–Kier alpha value is -0.760. The van der Waals surface area contributed by atoms with Crippen LogP contribution in [0.5, 0.6) is 0 Å². The molecule has 0 aromatic carbocycles. The van der Waals surface area contributed by atoms with Gasteiger partial charge < -0.3 is 4.90 Å². The van der Waals surface area contributed by atoms with Crippen LogP contribution >= 0.6 is 11.6 Å². The molecule has 0 aliphatic rings. The third kappa shape index (κ3) is 3.88. The lowest BCUT2D eigenvalue weighted by atomic mass is 10.0. The number of halogens is 1. The highest BCUT2D eigenvalue weighted by atomic mass is 35.5. The molecule has 0 saturated carbocycles. The Bertz CT molecular complexity index is 324. The van der Waals surface area contributed by atoms with Crippen molar-refractivity contribution in [2.24, 2.45) is 5.92 Å². The van der Waals surface area contributed by atoms with Gasteiger partial charge in [-0.1, -0.05) is 26.7 Å². The van der Waals surface area contributed by atoms with Gasteiger partial charge in [0.05, 0.1) is 5.88 Å². The molecule has 0 aliphatic carbocycles. The molecule has 0 fully saturated rings. The van der Waals surface area contributed by atoms with Crippen molar-refractivity contribution in [2.75, 3.05) is 18.0 Å². The normalized spacial score (nSPS) is 10.9. The first kappa shape index (κ1) is 14.3. The summed E-state index contributed by atoms with van der Waals surface area (Å²) >= 11 is 5.97. The smallest absolute Gasteiger partial charge is 0.0509 e. The predicted molar refractivity (Wildman–Crippen MR) is 75.8 cm³/mol. The average molecular weight is 255 g/mol. The van der Waals surface area contributed by atoms with Gasteiger partial charge in [-0.25, -0.2) is 0 Å². The molecular formula is C14H23ClN2. The van der Waals surface area contributed by atoms with Crippen LogP contribution in [0.4, 0.5) is 5.69 Å². The second-order valence-electron chi connectivity index (χ2n) is 4.36. The second kappa shape index (κ2) is 7.54. The number of rotatable bonds is 7. The lowest BCUT2D eigenvalue weighted by Crippen LogP contribution is -2.29. The van der Waals surface area contributed by atoms with Crippen molar-refractivity contribution in [2.45, 2.75) is 39.5 Å². The number of anilines is 1. The van der Waals surface area contributed by atoms with Crippen LogP contribution in [0.25, 0.3) is 0 Å². The third-order valence-corrected chi connectivity index (χ3v) is 3.67. The number of pyridine rings is 1. The zero-order valence-corrected chi connectivity index (χ0v) is 11.9. The average Bonchev–Trinajstić information content (AvgIpc) is 2.40. The van der Waals surface area contributed by atoms with E-state index in [0.717, 1.165) is 24.6 Å². The van der Waals surface area contributed by atoms with Crippen LogP contribution in [0.1, 0.15) is 39.2 Å². The summed E-state index contributed by atoms with van der Waals surface area (Å²) < 4.78 is 0. The summed E-state index contributed by atoms with van der Waals surface area (Å²) in [6.07, 6.45) is 6.18. The Kier molecular flexibility index (Phi) is 6.35. The molecule has 0 radical (unpaired) electrons. The number of hydrogen-bond donors (Lipinski definition) is 0. The van der Waals surface area contributed by atoms with E-state index in [1.54, 1.807) is 0 Å². The SMILES string of the molecule is CCC(CC)CN(CC)c1ccncc1CCl. The van der Waals surface area contributed by atoms with Crippen molar-refractivity contribution in [3.63, 3.8) is 0 Å². The van der Waals surface area contributed by atoms with Crippen LogP contribution in [-0.4, -0.2) is 18.1 Å². The highest BCUT2D eigenvalue weighted by molar-refractivity contribution is 6.17. The molecule has 1 heterocycles. The van der Waals surface area contributed by atoms with Crippen molar-refractivity contribution in [3.05, 3.63) is 24.0 Å². The minimum absolute atomic E-state index is 0.530. The standard InChI is InChI=1S/C14H23ClN2/c1-4-12(5-2)11-17(6-3)14-7-8-16-10-13(14)9-15/h7-8,10,12H,4-6,9,11H2,1-3H3. The summed E-state index contributed by atoms with van der Waals surface area (Å²) in [5.41, 5.74) is 2.37. The lowest BCUT2D eigenvalue weighted by molar-refractivity contribution is 0.485. The summed E-state index contributed by atoms with van der Waals surface area (Å²) in [4.78, 5) is 6.55. The highest BCUT2D eigenvalue weighted by Gasteiger charge is 2.13. The fourth-order valence-corrected chi connectivity index (χ4v) is 2.29. The predicted octanol–water partition coefficient (Wildman–Crippen LogP) is 4.08. The molecule has 0 bridgehead atoms. The molecule has 0 saturated heterocycles. The maximum absolute atomic E-state index is 5.97. The van der Waals surface area contributed by atoms with Gasteiger partial charge in [-0.3, -0.25) is 4.98 Å². The molecular weight excluding hydrogens is 232 g/mol. The summed E-state index contributed by atoms with van der Waals surface area (Å²) in [6, 6.07) is 2.07. The fraction of sp³-hybridized carbons (Fsp3) is 0.643. The van der Waals surface area contributed by atoms with Crippen LogP contribution < -0.4 is 4.90 Å². The van der Waals surface area contributed by atoms with E-state index in [4.69, 9.17) is 11.6 Å². The van der Waals surface area contributed by atoms with Crippen LogP contribution in [0.2, 0.25) is 0 Å². The van der Waals surface area contributed by atoms with Crippen LogP contribution in [-0.2, 0) is 5.88 Å². The second-order valence-corrected chi connectivity index (χ2v) is 4.63. The number of hydrogen-bond acceptors (Lipinski definition) is 2. The van der Waals surface area contributed by atoms with E-state index in [9.17, 15) is 0 Å². The molecule has 0 amide bonds. The first-order valence-electron chi connectivity index (χ1n) is 6.50. The van der Waals surface area contributed by atoms with Crippen molar-refractivity contribution in [1.82, 2.24) is 4.98 Å². The maximum atomic E-state index is 5.97. The largest absolute Gasteiger partial charge is 0.371 e. The van der Waals surface area contributed by atoms with Crippen LogP contribution in [0, 0.1) is 5.92 Å². The number of alkyl halides is 1. The third-order valence-electron chi connectivity index (χ3n) is 3.38. The minimum Gasteiger partial charge on any atom is -0.371 e. The molecule has 1 rings (SSSR count). The Balaban J connectivity index is 2.85. The van der Waals surface area contributed by atoms with Gasteiger partial charge in [0, 0.05) is 36.7 Å². The molecule has 1 aromatic heterocycles. The Labute approximate surface area is 110 Å². The molecule has 0 spiro atoms. The zero-order chi connectivity index (χ0) is 12.7. The van der Waals surface area contributed by atoms with Gasteiger partial charge >= 0.3 is 0 Å². The molecule has 0 atom stereocenters. The molecule has 17 heavy (non-hydrogen) atoms. The summed E-state index contributed by atoms with van der Waals surface area (Å²) in [5, 5.41) is 0. The Morgan fingerprint density at radius 1 is 1.29 bits per heavy atom. The Morgan fingerprint density at radius 2 is 2.00 bits per heavy atom. The number of aromatic nitrogens is 1. The van der Waals surface area contributed by atoms with Gasteiger partial charge in [0.25, 0.3) is 0 Å². The van der Waals surface area contributed by atoms with Gasteiger partial charge in [-0.2, -0.15) is 0 Å². The molecule has 3 heteroatoms. The van der Waals surface area contributed by atoms with E-state index in [2.05, 4.69) is 36.7 Å². The van der Waals surface area contributed by atoms with E-state index >= 15 is 0 Å². The highest BCUT2D eigenvalue weighted by Crippen LogP contribution is 2.23. The maximum Gasteiger partial charge on any atom is 0.0509 e. The van der Waals surface area contributed by atoms with E-state index < -0.39 is 0 Å². The van der Waals surface area contributed by atoms with Gasteiger partial charge in [0.2, 0.25) is 0 Å². The van der Waals surface area contributed by atoms with E-state index in [-0.39, 0.29) is 0 Å². The van der Waals surface area contributed by atoms with Gasteiger partial charge in [0.1, 0.15) is 0 Å². The molecule has 2 nitrogen and oxygen atoms in total. The number of nitrogens with zero attached hydrogens (tertiary/aromatic N) is 2. The summed E-state index contributed by atoms with van der Waals surface area (Å²) in [7, 11) is 0. The lowest BCUT2D eigenvalue weighted by Gasteiger charge is -2.28. The molecule has 0 unspecified atom stereocenters. The van der Waals surface area contributed by atoms with E-state index in [0.29, 0.717) is 5.88 Å². The van der Waals surface area contributed by atoms with Gasteiger partial charge in [0.15, 0.2) is 0 Å². The van der Waals surface area contributed by atoms with Crippen molar-refractivity contribution >= 4 is 17.3 Å². The van der Waals surface area contributed by atoms with Crippen LogP contribution in [0.15, 0.2) is 18.5 Å². The summed E-state index contributed by atoms with van der Waals surface area (Å²) in [5.74, 6) is 1.29.